The van der Waals surface area contributed by atoms with Crippen molar-refractivity contribution in [2.24, 2.45) is 0 Å². The summed E-state index contributed by atoms with van der Waals surface area (Å²) in [7, 11) is -1.66. The lowest BCUT2D eigenvalue weighted by molar-refractivity contribution is 0.316. The summed E-state index contributed by atoms with van der Waals surface area (Å²) in [6.45, 7) is 16.9. The SMILES string of the molecule is CO[Si](C)(C)O[SiH](C)C.CO[Si](C)(C)O[SiH](C)C. The maximum atomic E-state index is 5.64. The molecule has 0 fully saturated rings. The monoisotopic (exact) mass is 328 g/mol. The lowest BCUT2D eigenvalue weighted by atomic mass is 11.8. The second-order valence-electron chi connectivity index (χ2n) is 5.54. The molecule has 0 heterocycles. The van der Waals surface area contributed by atoms with E-state index in [1.165, 1.54) is 0 Å². The van der Waals surface area contributed by atoms with E-state index in [-0.39, 0.29) is 0 Å². The third-order valence-electron chi connectivity index (χ3n) is 2.02. The molecule has 0 amide bonds. The van der Waals surface area contributed by atoms with Crippen molar-refractivity contribution in [1.29, 1.82) is 0 Å². The van der Waals surface area contributed by atoms with Crippen LogP contribution in [0.15, 0.2) is 0 Å². The fourth-order valence-electron chi connectivity index (χ4n) is 1.23. The van der Waals surface area contributed by atoms with Crippen LogP contribution in [0.1, 0.15) is 0 Å². The first-order chi connectivity index (χ1) is 7.95. The topological polar surface area (TPSA) is 36.9 Å². The molecule has 0 bridgehead atoms. The third-order valence-corrected chi connectivity index (χ3v) is 12.3. The van der Waals surface area contributed by atoms with Crippen LogP contribution in [0.2, 0.25) is 52.4 Å². The quantitative estimate of drug-likeness (QED) is 0.703. The summed E-state index contributed by atoms with van der Waals surface area (Å²) in [6.07, 6.45) is 0. The Labute approximate surface area is 119 Å². The van der Waals surface area contributed by atoms with Crippen LogP contribution in [0.5, 0.6) is 0 Å². The normalized spacial score (nSPS) is 12.7. The van der Waals surface area contributed by atoms with Crippen LogP contribution in [-0.2, 0) is 17.1 Å². The van der Waals surface area contributed by atoms with Gasteiger partial charge in [0.25, 0.3) is 0 Å². The Morgan fingerprint density at radius 1 is 0.611 bits per heavy atom. The van der Waals surface area contributed by atoms with Gasteiger partial charge in [0.15, 0.2) is 18.1 Å². The predicted molar refractivity (Wildman–Crippen MR) is 88.9 cm³/mol. The van der Waals surface area contributed by atoms with E-state index in [0.29, 0.717) is 0 Å². The van der Waals surface area contributed by atoms with Crippen molar-refractivity contribution in [1.82, 2.24) is 0 Å². The van der Waals surface area contributed by atoms with E-state index in [9.17, 15) is 0 Å². The summed E-state index contributed by atoms with van der Waals surface area (Å²) in [4.78, 5) is 0. The molecule has 0 atom stereocenters. The lowest BCUT2D eigenvalue weighted by Crippen LogP contribution is -2.37. The Bertz CT molecular complexity index is 188. The van der Waals surface area contributed by atoms with Gasteiger partial charge < -0.3 is 17.1 Å². The van der Waals surface area contributed by atoms with E-state index in [2.05, 4.69) is 52.4 Å². The number of rotatable bonds is 6. The van der Waals surface area contributed by atoms with Gasteiger partial charge in [-0.2, -0.15) is 0 Å². The van der Waals surface area contributed by atoms with Gasteiger partial charge in [-0.3, -0.25) is 0 Å². The fourth-order valence-corrected chi connectivity index (χ4v) is 11.1. The minimum Gasteiger partial charge on any atom is -0.439 e. The van der Waals surface area contributed by atoms with Gasteiger partial charge in [0.05, 0.1) is 0 Å². The van der Waals surface area contributed by atoms with Gasteiger partial charge in [-0.15, -0.1) is 0 Å². The maximum absolute atomic E-state index is 5.64. The molecule has 0 aromatic carbocycles. The average Bonchev–Trinajstić information content (AvgIpc) is 2.15. The molecule has 0 aliphatic rings. The summed E-state index contributed by atoms with van der Waals surface area (Å²) in [6, 6.07) is 0. The van der Waals surface area contributed by atoms with Crippen LogP contribution in [0.3, 0.4) is 0 Å². The Morgan fingerprint density at radius 2 is 0.833 bits per heavy atom. The first kappa shape index (κ1) is 21.0. The second-order valence-corrected chi connectivity index (χ2v) is 18.0. The van der Waals surface area contributed by atoms with E-state index in [1.807, 2.05) is 0 Å². The molecule has 8 heteroatoms. The van der Waals surface area contributed by atoms with Crippen LogP contribution in [0.25, 0.3) is 0 Å². The third kappa shape index (κ3) is 14.8. The van der Waals surface area contributed by atoms with E-state index in [1.54, 1.807) is 14.2 Å². The predicted octanol–water partition coefficient (Wildman–Crippen LogP) is 2.67. The summed E-state index contributed by atoms with van der Waals surface area (Å²) in [5.41, 5.74) is 0. The summed E-state index contributed by atoms with van der Waals surface area (Å²) in [5.74, 6) is 0. The highest BCUT2D eigenvalue weighted by molar-refractivity contribution is 6.73. The molecule has 0 rings (SSSR count). The Kier molecular flexibility index (Phi) is 11.2. The molecule has 0 spiro atoms. The number of hydrogen-bond donors (Lipinski definition) is 0. The zero-order chi connectivity index (χ0) is 15.0. The van der Waals surface area contributed by atoms with Crippen LogP contribution in [-0.4, -0.2) is 49.4 Å². The smallest absolute Gasteiger partial charge is 0.320 e. The summed E-state index contributed by atoms with van der Waals surface area (Å²) >= 11 is 0. The van der Waals surface area contributed by atoms with Crippen molar-refractivity contribution >= 4 is 35.2 Å². The molecule has 112 valence electrons. The fraction of sp³-hybridized carbons (Fsp3) is 1.00. The molecule has 0 saturated carbocycles. The van der Waals surface area contributed by atoms with E-state index in [4.69, 9.17) is 17.1 Å². The lowest BCUT2D eigenvalue weighted by Gasteiger charge is -2.22. The molecule has 0 saturated heterocycles. The van der Waals surface area contributed by atoms with Crippen molar-refractivity contribution in [3.8, 4) is 0 Å². The molecule has 0 aliphatic carbocycles. The van der Waals surface area contributed by atoms with Crippen LogP contribution in [0, 0.1) is 0 Å². The van der Waals surface area contributed by atoms with Gasteiger partial charge in [0.2, 0.25) is 0 Å². The first-order valence-corrected chi connectivity index (χ1v) is 17.6. The van der Waals surface area contributed by atoms with Gasteiger partial charge in [-0.25, -0.2) is 0 Å². The molecule has 0 radical (unpaired) electrons. The van der Waals surface area contributed by atoms with Gasteiger partial charge in [-0.05, 0) is 52.4 Å². The van der Waals surface area contributed by atoms with Gasteiger partial charge in [0.1, 0.15) is 0 Å². The standard InChI is InChI=1S/2C5H16O2Si2/c2*1-6-9(4,5)7-8(2)3/h2*8H,1-5H3. The van der Waals surface area contributed by atoms with Crippen molar-refractivity contribution in [2.75, 3.05) is 14.2 Å². The van der Waals surface area contributed by atoms with E-state index in [0.717, 1.165) is 0 Å². The van der Waals surface area contributed by atoms with E-state index >= 15 is 0 Å². The molecule has 0 aromatic heterocycles. The number of hydrogen-bond acceptors (Lipinski definition) is 4. The van der Waals surface area contributed by atoms with Crippen LogP contribution < -0.4 is 0 Å². The molecule has 0 unspecified atom stereocenters. The molecule has 4 nitrogen and oxygen atoms in total. The zero-order valence-corrected chi connectivity index (χ0v) is 18.1. The van der Waals surface area contributed by atoms with E-state index < -0.39 is 35.2 Å². The van der Waals surface area contributed by atoms with Gasteiger partial charge >= 0.3 is 17.1 Å². The Morgan fingerprint density at radius 3 is 0.889 bits per heavy atom. The minimum atomic E-state index is -1.68. The van der Waals surface area contributed by atoms with Gasteiger partial charge in [0, 0.05) is 14.2 Å². The maximum Gasteiger partial charge on any atom is 0.320 e. The molecule has 0 N–H and O–H groups in total. The molecular weight excluding hydrogens is 296 g/mol. The van der Waals surface area contributed by atoms with Crippen molar-refractivity contribution in [3.05, 3.63) is 0 Å². The minimum absolute atomic E-state index is 0.876. The molecule has 18 heavy (non-hydrogen) atoms. The van der Waals surface area contributed by atoms with Crippen LogP contribution in [0.4, 0.5) is 0 Å². The highest BCUT2D eigenvalue weighted by Gasteiger charge is 2.23. The first-order valence-electron chi connectivity index (χ1n) is 6.41. The van der Waals surface area contributed by atoms with Crippen LogP contribution >= 0.6 is 0 Å². The van der Waals surface area contributed by atoms with Crippen molar-refractivity contribution < 1.29 is 17.1 Å². The summed E-state index contributed by atoms with van der Waals surface area (Å²) < 4.78 is 21.7. The second kappa shape index (κ2) is 9.59. The summed E-state index contributed by atoms with van der Waals surface area (Å²) in [5, 5.41) is 0. The molecule has 0 aromatic rings. The van der Waals surface area contributed by atoms with Crippen molar-refractivity contribution in [2.45, 2.75) is 52.4 Å². The average molecular weight is 329 g/mol. The molecule has 0 aliphatic heterocycles. The van der Waals surface area contributed by atoms with Gasteiger partial charge in [-0.1, -0.05) is 0 Å². The Balaban J connectivity index is 0. The highest BCUT2D eigenvalue weighted by atomic mass is 28.4. The highest BCUT2D eigenvalue weighted by Crippen LogP contribution is 2.06. The zero-order valence-electron chi connectivity index (χ0n) is 13.8. The largest absolute Gasteiger partial charge is 0.439 e. The van der Waals surface area contributed by atoms with Crippen molar-refractivity contribution in [3.63, 3.8) is 0 Å². The molecular formula is C10H32O4Si4. The Hall–Kier alpha value is 0.708.